The van der Waals surface area contributed by atoms with Gasteiger partial charge in [-0.3, -0.25) is 5.10 Å². The molecule has 1 aliphatic carbocycles. The maximum atomic E-state index is 6.31. The van der Waals surface area contributed by atoms with Crippen LogP contribution < -0.4 is 4.90 Å². The lowest BCUT2D eigenvalue weighted by Crippen LogP contribution is -2.24. The number of halogens is 2. The molecule has 1 saturated heterocycles. The molecule has 5 nitrogen and oxygen atoms in total. The first-order chi connectivity index (χ1) is 11.6. The van der Waals surface area contributed by atoms with Crippen LogP contribution in [0.2, 0.25) is 10.0 Å². The minimum absolute atomic E-state index is 0.479. The maximum Gasteiger partial charge on any atom is 0.177 e. The standard InChI is InChI=1S/C17H15Cl2N5/c1-8-10-6-24(7-11(8)10)13-5-20-16-15(22-23-17(16)21-13)9-3-2-4-12(18)14(9)19/h2-5,8,10-11H,6-7H2,1H3,(H,21,22,23)/t8-,10-,11+. The summed E-state index contributed by atoms with van der Waals surface area (Å²) >= 11 is 12.4. The van der Waals surface area contributed by atoms with Gasteiger partial charge in [-0.1, -0.05) is 42.3 Å². The number of fused-ring (bicyclic) bond motifs is 2. The first-order valence-electron chi connectivity index (χ1n) is 8.04. The molecule has 122 valence electrons. The number of nitrogens with zero attached hydrogens (tertiary/aromatic N) is 4. The van der Waals surface area contributed by atoms with E-state index in [0.29, 0.717) is 26.9 Å². The van der Waals surface area contributed by atoms with Gasteiger partial charge in [0.1, 0.15) is 17.0 Å². The van der Waals surface area contributed by atoms with Crippen LogP contribution in [0.3, 0.4) is 0 Å². The minimum Gasteiger partial charge on any atom is -0.355 e. The van der Waals surface area contributed by atoms with E-state index in [0.717, 1.165) is 42.2 Å². The Labute approximate surface area is 149 Å². The molecule has 3 atom stereocenters. The summed E-state index contributed by atoms with van der Waals surface area (Å²) in [6, 6.07) is 5.49. The van der Waals surface area contributed by atoms with Gasteiger partial charge in [-0.25, -0.2) is 9.97 Å². The topological polar surface area (TPSA) is 57.7 Å². The number of nitrogens with one attached hydrogen (secondary N) is 1. The molecule has 7 heteroatoms. The summed E-state index contributed by atoms with van der Waals surface area (Å²) in [5.41, 5.74) is 2.82. The first-order valence-corrected chi connectivity index (χ1v) is 8.79. The van der Waals surface area contributed by atoms with Crippen LogP contribution in [-0.4, -0.2) is 33.3 Å². The average Bonchev–Trinajstić information content (AvgIpc) is 3.00. The SMILES string of the molecule is C[C@@H]1[C@H]2CN(c3cnc4c(-c5cccc(Cl)c5Cl)n[nH]c4n3)C[C@@H]12. The van der Waals surface area contributed by atoms with Gasteiger partial charge in [0.15, 0.2) is 5.65 Å². The van der Waals surface area contributed by atoms with Crippen LogP contribution >= 0.6 is 23.2 Å². The minimum atomic E-state index is 0.479. The highest BCUT2D eigenvalue weighted by atomic mass is 35.5. The Morgan fingerprint density at radius 1 is 1.21 bits per heavy atom. The Morgan fingerprint density at radius 2 is 2.00 bits per heavy atom. The Morgan fingerprint density at radius 3 is 2.79 bits per heavy atom. The van der Waals surface area contributed by atoms with Crippen LogP contribution in [0.5, 0.6) is 0 Å². The number of rotatable bonds is 2. The molecule has 5 rings (SSSR count). The Bertz CT molecular complexity index is 941. The lowest BCUT2D eigenvalue weighted by molar-refractivity contribution is 0.684. The summed E-state index contributed by atoms with van der Waals surface area (Å²) in [6.07, 6.45) is 1.83. The molecule has 1 aromatic carbocycles. The molecule has 1 saturated carbocycles. The second kappa shape index (κ2) is 5.07. The summed E-state index contributed by atoms with van der Waals surface area (Å²) in [7, 11) is 0. The third-order valence-corrected chi connectivity index (χ3v) is 6.23. The molecule has 0 bridgehead atoms. The van der Waals surface area contributed by atoms with Gasteiger partial charge in [0.05, 0.1) is 16.2 Å². The molecular formula is C17H15Cl2N5. The highest BCUT2D eigenvalue weighted by Crippen LogP contribution is 2.51. The van der Waals surface area contributed by atoms with E-state index in [1.165, 1.54) is 0 Å². The summed E-state index contributed by atoms with van der Waals surface area (Å²) in [6.45, 7) is 4.48. The van der Waals surface area contributed by atoms with E-state index in [4.69, 9.17) is 28.2 Å². The van der Waals surface area contributed by atoms with Crippen molar-refractivity contribution in [1.82, 2.24) is 20.2 Å². The second-order valence-electron chi connectivity index (χ2n) is 6.69. The third kappa shape index (κ3) is 2.04. The van der Waals surface area contributed by atoms with E-state index < -0.39 is 0 Å². The van der Waals surface area contributed by atoms with Crippen LogP contribution in [0.25, 0.3) is 22.4 Å². The number of piperidine rings is 1. The predicted molar refractivity (Wildman–Crippen MR) is 95.5 cm³/mol. The molecule has 1 aliphatic heterocycles. The van der Waals surface area contributed by atoms with Crippen LogP contribution in [0.1, 0.15) is 6.92 Å². The van der Waals surface area contributed by atoms with Gasteiger partial charge in [-0.05, 0) is 23.8 Å². The highest BCUT2D eigenvalue weighted by molar-refractivity contribution is 6.43. The highest BCUT2D eigenvalue weighted by Gasteiger charge is 2.53. The van der Waals surface area contributed by atoms with E-state index >= 15 is 0 Å². The van der Waals surface area contributed by atoms with Crippen molar-refractivity contribution in [1.29, 1.82) is 0 Å². The van der Waals surface area contributed by atoms with Crippen molar-refractivity contribution in [3.63, 3.8) is 0 Å². The fourth-order valence-corrected chi connectivity index (χ4v) is 4.22. The molecule has 2 aliphatic rings. The second-order valence-corrected chi connectivity index (χ2v) is 7.48. The molecule has 2 aromatic heterocycles. The monoisotopic (exact) mass is 359 g/mol. The zero-order valence-electron chi connectivity index (χ0n) is 13.0. The quantitative estimate of drug-likeness (QED) is 0.750. The molecule has 24 heavy (non-hydrogen) atoms. The Hall–Kier alpha value is -1.85. The van der Waals surface area contributed by atoms with E-state index in [-0.39, 0.29) is 0 Å². The molecule has 0 amide bonds. The number of anilines is 1. The largest absolute Gasteiger partial charge is 0.355 e. The fraction of sp³-hybridized carbons (Fsp3) is 0.353. The van der Waals surface area contributed by atoms with Gasteiger partial charge in [0, 0.05) is 18.7 Å². The van der Waals surface area contributed by atoms with Crippen molar-refractivity contribution < 1.29 is 0 Å². The number of hydrogen-bond donors (Lipinski definition) is 1. The van der Waals surface area contributed by atoms with Crippen molar-refractivity contribution in [3.8, 4) is 11.3 Å². The van der Waals surface area contributed by atoms with Crippen LogP contribution in [0.15, 0.2) is 24.4 Å². The first kappa shape index (κ1) is 14.5. The number of hydrogen-bond acceptors (Lipinski definition) is 4. The van der Waals surface area contributed by atoms with Crippen molar-refractivity contribution in [2.24, 2.45) is 17.8 Å². The molecular weight excluding hydrogens is 345 g/mol. The fourth-order valence-electron chi connectivity index (χ4n) is 3.83. The van der Waals surface area contributed by atoms with Gasteiger partial charge >= 0.3 is 0 Å². The number of benzene rings is 1. The average molecular weight is 360 g/mol. The van der Waals surface area contributed by atoms with Gasteiger partial charge in [-0.2, -0.15) is 5.10 Å². The molecule has 0 unspecified atom stereocenters. The number of H-pyrrole nitrogens is 1. The van der Waals surface area contributed by atoms with Gasteiger partial charge in [0.25, 0.3) is 0 Å². The maximum absolute atomic E-state index is 6.31. The molecule has 0 radical (unpaired) electrons. The van der Waals surface area contributed by atoms with Gasteiger partial charge in [0.2, 0.25) is 0 Å². The van der Waals surface area contributed by atoms with Crippen LogP contribution in [0.4, 0.5) is 5.82 Å². The van der Waals surface area contributed by atoms with Gasteiger partial charge < -0.3 is 4.90 Å². The normalized spacial score (nSPS) is 25.3. The van der Waals surface area contributed by atoms with Crippen molar-refractivity contribution in [3.05, 3.63) is 34.4 Å². The zero-order chi connectivity index (χ0) is 16.4. The van der Waals surface area contributed by atoms with Crippen molar-refractivity contribution in [2.45, 2.75) is 6.92 Å². The van der Waals surface area contributed by atoms with Crippen molar-refractivity contribution in [2.75, 3.05) is 18.0 Å². The molecule has 1 N–H and O–H groups in total. The van der Waals surface area contributed by atoms with E-state index in [1.807, 2.05) is 18.3 Å². The smallest absolute Gasteiger partial charge is 0.177 e. The third-order valence-electron chi connectivity index (χ3n) is 5.41. The number of aromatic amines is 1. The lowest BCUT2D eigenvalue weighted by Gasteiger charge is -2.19. The van der Waals surface area contributed by atoms with Crippen molar-refractivity contribution >= 4 is 40.2 Å². The van der Waals surface area contributed by atoms with E-state index in [2.05, 4.69) is 27.0 Å². The van der Waals surface area contributed by atoms with E-state index in [9.17, 15) is 0 Å². The summed E-state index contributed by atoms with van der Waals surface area (Å²) in [4.78, 5) is 11.6. The molecule has 2 fully saturated rings. The lowest BCUT2D eigenvalue weighted by atomic mass is 10.1. The number of aromatic nitrogens is 4. The van der Waals surface area contributed by atoms with Gasteiger partial charge in [-0.15, -0.1) is 0 Å². The molecule has 0 spiro atoms. The molecule has 3 heterocycles. The summed E-state index contributed by atoms with van der Waals surface area (Å²) in [5, 5.41) is 8.31. The Balaban J connectivity index is 1.53. The van der Waals surface area contributed by atoms with Crippen LogP contribution in [0, 0.1) is 17.8 Å². The summed E-state index contributed by atoms with van der Waals surface area (Å²) in [5.74, 6) is 3.42. The predicted octanol–water partition coefficient (Wildman–Crippen LogP) is 4.03. The van der Waals surface area contributed by atoms with E-state index in [1.54, 1.807) is 6.07 Å². The van der Waals surface area contributed by atoms with Crippen LogP contribution in [-0.2, 0) is 0 Å². The summed E-state index contributed by atoms with van der Waals surface area (Å²) < 4.78 is 0. The zero-order valence-corrected chi connectivity index (χ0v) is 14.5. The Kier molecular flexibility index (Phi) is 3.06. The molecule has 3 aromatic rings.